The van der Waals surface area contributed by atoms with Gasteiger partial charge in [0.1, 0.15) is 11.8 Å². The van der Waals surface area contributed by atoms with Crippen molar-refractivity contribution in [1.82, 2.24) is 5.73 Å². The molecule has 0 bridgehead atoms. The molecule has 1 unspecified atom stereocenters. The summed E-state index contributed by atoms with van der Waals surface area (Å²) in [4.78, 5) is 10.5. The molecule has 63 valence electrons. The maximum atomic E-state index is 10.5. The summed E-state index contributed by atoms with van der Waals surface area (Å²) in [6, 6.07) is 4.99. The highest BCUT2D eigenvalue weighted by atomic mass is 16.3. The number of carbonyl (C=O) groups is 1. The molecule has 4 heteroatoms. The zero-order valence-corrected chi connectivity index (χ0v) is 6.32. The molecule has 1 aromatic rings. The van der Waals surface area contributed by atoms with E-state index in [0.29, 0.717) is 5.56 Å². The van der Waals surface area contributed by atoms with E-state index in [0.717, 1.165) is 0 Å². The molecule has 1 aromatic carbocycles. The van der Waals surface area contributed by atoms with Crippen molar-refractivity contribution < 1.29 is 9.90 Å². The molecule has 0 aliphatic rings. The molecule has 12 heavy (non-hydrogen) atoms. The summed E-state index contributed by atoms with van der Waals surface area (Å²) in [7, 11) is 0. The summed E-state index contributed by atoms with van der Waals surface area (Å²) in [6.07, 6.45) is 0. The van der Waals surface area contributed by atoms with Gasteiger partial charge in [-0.1, -0.05) is 12.1 Å². The van der Waals surface area contributed by atoms with E-state index in [1.807, 2.05) is 0 Å². The van der Waals surface area contributed by atoms with Crippen LogP contribution in [0.25, 0.3) is 0 Å². The minimum absolute atomic E-state index is 0.114. The van der Waals surface area contributed by atoms with E-state index in [1.165, 1.54) is 24.3 Å². The molecule has 4 nitrogen and oxygen atoms in total. The van der Waals surface area contributed by atoms with Crippen molar-refractivity contribution in [2.24, 2.45) is 5.73 Å². The van der Waals surface area contributed by atoms with Crippen LogP contribution in [-0.2, 0) is 4.79 Å². The Morgan fingerprint density at radius 3 is 2.33 bits per heavy atom. The summed E-state index contributed by atoms with van der Waals surface area (Å²) in [5.74, 6) is -0.718. The predicted octanol–water partition coefficient (Wildman–Crippen LogP) is 0.201. The average molecular weight is 165 g/mol. The Kier molecular flexibility index (Phi) is 2.30. The van der Waals surface area contributed by atoms with E-state index in [-0.39, 0.29) is 5.75 Å². The van der Waals surface area contributed by atoms with Gasteiger partial charge in [-0.05, 0) is 17.7 Å². The number of carbonyl (C=O) groups excluding carboxylic acids is 1. The quantitative estimate of drug-likeness (QED) is 0.656. The summed E-state index contributed by atoms with van der Waals surface area (Å²) in [5.41, 5.74) is 12.7. The van der Waals surface area contributed by atoms with Crippen LogP contribution in [0.5, 0.6) is 5.75 Å². The van der Waals surface area contributed by atoms with E-state index in [9.17, 15) is 4.79 Å². The van der Waals surface area contributed by atoms with Crippen molar-refractivity contribution in [2.75, 3.05) is 0 Å². The topological polar surface area (TPSA) is 87.1 Å². The zero-order valence-electron chi connectivity index (χ0n) is 6.32. The number of nitrogens with two attached hydrogens (primary N) is 1. The Hall–Kier alpha value is -1.55. The van der Waals surface area contributed by atoms with Crippen LogP contribution in [-0.4, -0.2) is 11.0 Å². The van der Waals surface area contributed by atoms with Gasteiger partial charge in [0.2, 0.25) is 0 Å². The lowest BCUT2D eigenvalue weighted by atomic mass is 10.1. The van der Waals surface area contributed by atoms with Gasteiger partial charge in [0.15, 0.2) is 0 Å². The van der Waals surface area contributed by atoms with Crippen molar-refractivity contribution in [3.63, 3.8) is 0 Å². The smallest absolute Gasteiger partial charge is 0.259 e. The molecule has 1 radical (unpaired) electrons. The third-order valence-corrected chi connectivity index (χ3v) is 1.53. The molecule has 0 spiro atoms. The largest absolute Gasteiger partial charge is 0.508 e. The molecular formula is C8H9N2O2. The van der Waals surface area contributed by atoms with E-state index >= 15 is 0 Å². The molecule has 0 saturated heterocycles. The molecule has 1 rings (SSSR count). The fourth-order valence-corrected chi connectivity index (χ4v) is 0.833. The van der Waals surface area contributed by atoms with E-state index in [4.69, 9.17) is 16.6 Å². The molecule has 1 atom stereocenters. The maximum absolute atomic E-state index is 10.5. The predicted molar refractivity (Wildman–Crippen MR) is 43.1 cm³/mol. The number of benzene rings is 1. The molecular weight excluding hydrogens is 156 g/mol. The van der Waals surface area contributed by atoms with Crippen molar-refractivity contribution in [2.45, 2.75) is 6.04 Å². The number of amides is 1. The van der Waals surface area contributed by atoms with Gasteiger partial charge in [-0.3, -0.25) is 10.5 Å². The van der Waals surface area contributed by atoms with Crippen LogP contribution in [0, 0.1) is 0 Å². The summed E-state index contributed by atoms with van der Waals surface area (Å²) in [6.45, 7) is 0. The number of phenolic OH excluding ortho intramolecular Hbond substituents is 1. The molecule has 0 fully saturated rings. The van der Waals surface area contributed by atoms with Crippen LogP contribution in [0.1, 0.15) is 11.6 Å². The molecule has 1 amide bonds. The Morgan fingerprint density at radius 1 is 1.42 bits per heavy atom. The van der Waals surface area contributed by atoms with Crippen molar-refractivity contribution in [3.05, 3.63) is 29.8 Å². The average Bonchev–Trinajstić information content (AvgIpc) is 2.04. The lowest BCUT2D eigenvalue weighted by molar-refractivity contribution is -0.120. The van der Waals surface area contributed by atoms with Gasteiger partial charge < -0.3 is 10.8 Å². The molecule has 0 saturated carbocycles. The maximum Gasteiger partial charge on any atom is 0.259 e. The Balaban J connectivity index is 2.89. The Bertz CT molecular complexity index is 282. The highest BCUT2D eigenvalue weighted by Crippen LogP contribution is 2.14. The normalized spacial score (nSPS) is 12.4. The third-order valence-electron chi connectivity index (χ3n) is 1.53. The van der Waals surface area contributed by atoms with Gasteiger partial charge in [0.05, 0.1) is 0 Å². The van der Waals surface area contributed by atoms with Crippen LogP contribution in [0.3, 0.4) is 0 Å². The first-order chi connectivity index (χ1) is 5.61. The summed E-state index contributed by atoms with van der Waals surface area (Å²) in [5, 5.41) is 8.90. The van der Waals surface area contributed by atoms with Gasteiger partial charge in [-0.2, -0.15) is 0 Å². The zero-order chi connectivity index (χ0) is 9.14. The van der Waals surface area contributed by atoms with Gasteiger partial charge in [-0.25, -0.2) is 0 Å². The van der Waals surface area contributed by atoms with Crippen molar-refractivity contribution >= 4 is 5.91 Å². The molecule has 0 aromatic heterocycles. The minimum atomic E-state index is -0.911. The molecule has 0 aliphatic carbocycles. The third kappa shape index (κ3) is 1.73. The van der Waals surface area contributed by atoms with Crippen LogP contribution in [0.4, 0.5) is 0 Å². The first-order valence-corrected chi connectivity index (χ1v) is 3.41. The monoisotopic (exact) mass is 165 g/mol. The van der Waals surface area contributed by atoms with Gasteiger partial charge in [-0.15, -0.1) is 0 Å². The highest BCUT2D eigenvalue weighted by molar-refractivity contribution is 5.80. The first-order valence-electron chi connectivity index (χ1n) is 3.41. The fraction of sp³-hybridized carbons (Fsp3) is 0.125. The van der Waals surface area contributed by atoms with Crippen molar-refractivity contribution in [1.29, 1.82) is 0 Å². The SMILES string of the molecule is [NH]C(=O)C(N)c1ccc(O)cc1. The number of hydrogen-bond acceptors (Lipinski definition) is 3. The van der Waals surface area contributed by atoms with E-state index < -0.39 is 11.9 Å². The second-order valence-electron chi connectivity index (χ2n) is 2.43. The molecule has 4 N–H and O–H groups in total. The lowest BCUT2D eigenvalue weighted by Crippen LogP contribution is -2.21. The van der Waals surface area contributed by atoms with Gasteiger partial charge >= 0.3 is 0 Å². The van der Waals surface area contributed by atoms with Crippen LogP contribution >= 0.6 is 0 Å². The van der Waals surface area contributed by atoms with Crippen LogP contribution in [0.15, 0.2) is 24.3 Å². The minimum Gasteiger partial charge on any atom is -0.508 e. The van der Waals surface area contributed by atoms with Crippen molar-refractivity contribution in [3.8, 4) is 5.75 Å². The second-order valence-corrected chi connectivity index (χ2v) is 2.43. The fourth-order valence-electron chi connectivity index (χ4n) is 0.833. The first kappa shape index (κ1) is 8.55. The number of nitrogens with one attached hydrogen (secondary N) is 1. The molecule has 0 heterocycles. The van der Waals surface area contributed by atoms with Gasteiger partial charge in [0, 0.05) is 0 Å². The summed E-state index contributed by atoms with van der Waals surface area (Å²) >= 11 is 0. The number of phenols is 1. The number of aromatic hydroxyl groups is 1. The van der Waals surface area contributed by atoms with Crippen LogP contribution in [0.2, 0.25) is 0 Å². The van der Waals surface area contributed by atoms with Crippen LogP contribution < -0.4 is 11.5 Å². The lowest BCUT2D eigenvalue weighted by Gasteiger charge is -2.05. The second kappa shape index (κ2) is 3.23. The highest BCUT2D eigenvalue weighted by Gasteiger charge is 2.11. The number of hydrogen-bond donors (Lipinski definition) is 2. The standard InChI is InChI=1S/C8H9N2O2/c9-7(8(10)12)5-1-3-6(11)4-2-5/h1-4,7,10-11H,9H2. The van der Waals surface area contributed by atoms with E-state index in [2.05, 4.69) is 0 Å². The van der Waals surface area contributed by atoms with Gasteiger partial charge in [0.25, 0.3) is 5.91 Å². The molecule has 0 aliphatic heterocycles. The van der Waals surface area contributed by atoms with E-state index in [1.54, 1.807) is 0 Å². The Morgan fingerprint density at radius 2 is 1.92 bits per heavy atom. The summed E-state index contributed by atoms with van der Waals surface area (Å²) < 4.78 is 0. The number of rotatable bonds is 2. The Labute approximate surface area is 69.8 Å².